The molecule has 1 saturated carbocycles. The smallest absolute Gasteiger partial charge is 0.335 e. The maximum Gasteiger partial charge on any atom is 0.335 e. The van der Waals surface area contributed by atoms with E-state index in [2.05, 4.69) is 40.7 Å². The van der Waals surface area contributed by atoms with E-state index in [-0.39, 0.29) is 17.7 Å². The highest BCUT2D eigenvalue weighted by Gasteiger charge is 2.38. The van der Waals surface area contributed by atoms with Crippen LogP contribution in [0, 0.1) is 29.6 Å². The highest BCUT2D eigenvalue weighted by atomic mass is 16.5. The van der Waals surface area contributed by atoms with Gasteiger partial charge in [-0.2, -0.15) is 0 Å². The van der Waals surface area contributed by atoms with Crippen molar-refractivity contribution >= 4 is 39.6 Å². The van der Waals surface area contributed by atoms with Crippen LogP contribution < -0.4 is 5.32 Å². The highest BCUT2D eigenvalue weighted by molar-refractivity contribution is 6.00. The second kappa shape index (κ2) is 15.1. The molecule has 0 bridgehead atoms. The van der Waals surface area contributed by atoms with E-state index in [1.54, 1.807) is 6.07 Å². The number of likely N-dealkylation sites (tertiary alicyclic amines) is 1. The largest absolute Gasteiger partial charge is 0.478 e. The van der Waals surface area contributed by atoms with Gasteiger partial charge >= 0.3 is 5.97 Å². The minimum Gasteiger partial charge on any atom is -0.478 e. The number of nitrogens with zero attached hydrogens (tertiary/aromatic N) is 3. The molecule has 0 radical (unpaired) electrons. The van der Waals surface area contributed by atoms with Crippen LogP contribution in [-0.2, 0) is 54.0 Å². The van der Waals surface area contributed by atoms with Crippen LogP contribution in [0.5, 0.6) is 0 Å². The van der Waals surface area contributed by atoms with E-state index >= 15 is 0 Å². The standard InChI is InChI=1S/C26H33N3O3.C19H23NO3/c1-28-23-6-2-17(16-8-10-32-11-9-16)12-21(23)22-13-18(3-7-24(22)28)26(31)29-14-19(15-29)25(30)27-20-4-5-20;1-20-17-4-2-13(12-6-8-23-9-7-12)10-15(17)16-11-14(19(21)22)3-5-18(16)20/h3,7,13,16-17,19-20H,2,4-6,8-12,14-15H2,1H3,(H,27,30);3,5,11-13H,2,4,6-10H2,1H3,(H,21,22). The number of nitrogens with one attached hydrogen (secondary N) is 1. The van der Waals surface area contributed by atoms with Gasteiger partial charge in [0.1, 0.15) is 0 Å². The van der Waals surface area contributed by atoms with Gasteiger partial charge in [-0.05, 0) is 148 Å². The van der Waals surface area contributed by atoms with E-state index in [9.17, 15) is 19.5 Å². The van der Waals surface area contributed by atoms with Crippen molar-refractivity contribution < 1.29 is 29.0 Å². The molecule has 3 aliphatic carbocycles. The molecule has 10 heteroatoms. The van der Waals surface area contributed by atoms with Gasteiger partial charge in [-0.1, -0.05) is 0 Å². The molecule has 2 aromatic heterocycles. The number of hydrogen-bond donors (Lipinski definition) is 2. The summed E-state index contributed by atoms with van der Waals surface area (Å²) in [6.45, 7) is 4.66. The lowest BCUT2D eigenvalue weighted by molar-refractivity contribution is -0.129. The van der Waals surface area contributed by atoms with E-state index in [1.807, 2.05) is 23.1 Å². The third kappa shape index (κ3) is 7.09. The first kappa shape index (κ1) is 36.5. The van der Waals surface area contributed by atoms with Crippen LogP contribution in [0.3, 0.4) is 0 Å². The Hall–Kier alpha value is -4.15. The van der Waals surface area contributed by atoms with E-state index in [4.69, 9.17) is 9.47 Å². The molecule has 292 valence electrons. The molecular formula is C45H56N4O6. The van der Waals surface area contributed by atoms with Crippen LogP contribution in [0.1, 0.15) is 94.6 Å². The Bertz CT molecular complexity index is 2110. The summed E-state index contributed by atoms with van der Waals surface area (Å²) in [5, 5.41) is 14.7. The van der Waals surface area contributed by atoms with Crippen molar-refractivity contribution in [1.29, 1.82) is 0 Å². The van der Waals surface area contributed by atoms with Crippen molar-refractivity contribution in [2.24, 2.45) is 43.7 Å². The molecule has 4 aromatic rings. The molecular weight excluding hydrogens is 693 g/mol. The summed E-state index contributed by atoms with van der Waals surface area (Å²) in [6.07, 6.45) is 13.8. The number of rotatable bonds is 6. The third-order valence-electron chi connectivity index (χ3n) is 14.1. The number of ether oxygens (including phenoxy) is 2. The fraction of sp³-hybridized carbons (Fsp3) is 0.578. The van der Waals surface area contributed by atoms with Crippen molar-refractivity contribution in [2.75, 3.05) is 39.5 Å². The van der Waals surface area contributed by atoms with Gasteiger partial charge in [-0.15, -0.1) is 0 Å². The summed E-state index contributed by atoms with van der Waals surface area (Å²) in [4.78, 5) is 38.5. The monoisotopic (exact) mass is 748 g/mol. The normalized spacial score (nSPS) is 23.4. The minimum atomic E-state index is -0.846. The van der Waals surface area contributed by atoms with Crippen LogP contribution in [0.25, 0.3) is 21.8 Å². The summed E-state index contributed by atoms with van der Waals surface area (Å²) >= 11 is 0. The number of aromatic carboxylic acids is 1. The highest BCUT2D eigenvalue weighted by Crippen LogP contribution is 2.41. The fourth-order valence-electron chi connectivity index (χ4n) is 10.6. The van der Waals surface area contributed by atoms with Crippen molar-refractivity contribution in [3.8, 4) is 0 Å². The van der Waals surface area contributed by atoms with Gasteiger partial charge in [0.2, 0.25) is 5.91 Å². The maximum absolute atomic E-state index is 13.1. The van der Waals surface area contributed by atoms with Crippen molar-refractivity contribution in [1.82, 2.24) is 19.4 Å². The average molecular weight is 749 g/mol. The molecule has 0 spiro atoms. The molecule has 2 amide bonds. The average Bonchev–Trinajstić information content (AvgIpc) is 3.92. The Morgan fingerprint density at radius 1 is 0.655 bits per heavy atom. The molecule has 3 saturated heterocycles. The summed E-state index contributed by atoms with van der Waals surface area (Å²) < 4.78 is 15.7. The van der Waals surface area contributed by atoms with Crippen LogP contribution in [0.4, 0.5) is 0 Å². The summed E-state index contributed by atoms with van der Waals surface area (Å²) in [7, 11) is 4.27. The van der Waals surface area contributed by atoms with E-state index in [1.165, 1.54) is 71.9 Å². The maximum atomic E-state index is 13.1. The van der Waals surface area contributed by atoms with Gasteiger partial charge in [0, 0.05) is 98.4 Å². The lowest BCUT2D eigenvalue weighted by Crippen LogP contribution is -2.56. The molecule has 10 rings (SSSR count). The molecule has 10 nitrogen and oxygen atoms in total. The number of carbonyl (C=O) groups excluding carboxylic acids is 2. The number of carboxylic acid groups (broad SMARTS) is 1. The second-order valence-corrected chi connectivity index (χ2v) is 17.3. The van der Waals surface area contributed by atoms with Crippen molar-refractivity contribution in [3.05, 3.63) is 70.0 Å². The SMILES string of the molecule is Cn1c2c(c3cc(C(=O)N4CC(C(=O)NC5CC5)C4)ccc31)CC(C1CCOCC1)CC2.Cn1c2c(c3cc(C(=O)O)ccc31)CC(C1CCOCC1)CC2. The Morgan fingerprint density at radius 3 is 1.64 bits per heavy atom. The fourth-order valence-corrected chi connectivity index (χ4v) is 10.6. The van der Waals surface area contributed by atoms with Gasteiger partial charge < -0.3 is 33.9 Å². The molecule has 2 atom stereocenters. The summed E-state index contributed by atoms with van der Waals surface area (Å²) in [5.74, 6) is 2.23. The number of amides is 2. The van der Waals surface area contributed by atoms with Gasteiger partial charge in [0.25, 0.3) is 5.91 Å². The molecule has 2 unspecified atom stereocenters. The van der Waals surface area contributed by atoms with E-state index in [0.717, 1.165) is 99.2 Å². The van der Waals surface area contributed by atoms with Gasteiger partial charge in [0.15, 0.2) is 0 Å². The van der Waals surface area contributed by atoms with Gasteiger partial charge in [-0.3, -0.25) is 9.59 Å². The summed E-state index contributed by atoms with van der Waals surface area (Å²) in [6, 6.07) is 12.1. The Balaban J connectivity index is 0.000000153. The van der Waals surface area contributed by atoms with Crippen LogP contribution in [0.15, 0.2) is 36.4 Å². The lowest BCUT2D eigenvalue weighted by atomic mass is 9.75. The number of carboxylic acids is 1. The van der Waals surface area contributed by atoms with Crippen LogP contribution in [0.2, 0.25) is 0 Å². The van der Waals surface area contributed by atoms with Crippen molar-refractivity contribution in [2.45, 2.75) is 83.1 Å². The predicted molar refractivity (Wildman–Crippen MR) is 211 cm³/mol. The third-order valence-corrected chi connectivity index (χ3v) is 14.1. The topological polar surface area (TPSA) is 115 Å². The number of hydrogen-bond acceptors (Lipinski definition) is 5. The first-order chi connectivity index (χ1) is 26.7. The van der Waals surface area contributed by atoms with Crippen LogP contribution >= 0.6 is 0 Å². The molecule has 4 fully saturated rings. The molecule has 2 aromatic carbocycles. The van der Waals surface area contributed by atoms with Gasteiger partial charge in [0.05, 0.1) is 11.5 Å². The second-order valence-electron chi connectivity index (χ2n) is 17.3. The Morgan fingerprint density at radius 2 is 1.15 bits per heavy atom. The Labute approximate surface area is 323 Å². The zero-order valence-corrected chi connectivity index (χ0v) is 32.5. The molecule has 5 heterocycles. The molecule has 2 N–H and O–H groups in total. The molecule has 6 aliphatic rings. The number of carbonyl (C=O) groups is 3. The minimum absolute atomic E-state index is 0.0482. The predicted octanol–water partition coefficient (Wildman–Crippen LogP) is 6.47. The van der Waals surface area contributed by atoms with E-state index < -0.39 is 5.97 Å². The number of benzene rings is 2. The van der Waals surface area contributed by atoms with Gasteiger partial charge in [-0.25, -0.2) is 4.79 Å². The number of aromatic nitrogens is 2. The van der Waals surface area contributed by atoms with Crippen LogP contribution in [-0.4, -0.2) is 82.5 Å². The zero-order valence-electron chi connectivity index (χ0n) is 32.5. The van der Waals surface area contributed by atoms with Crippen molar-refractivity contribution in [3.63, 3.8) is 0 Å². The zero-order chi connectivity index (χ0) is 37.8. The molecule has 55 heavy (non-hydrogen) atoms. The molecule has 3 aliphatic heterocycles. The van der Waals surface area contributed by atoms with E-state index in [0.29, 0.717) is 30.6 Å². The number of fused-ring (bicyclic) bond motifs is 6. The number of aryl methyl sites for hydroxylation is 2. The first-order valence-electron chi connectivity index (χ1n) is 20.9. The Kier molecular flexibility index (Phi) is 10.00. The quantitative estimate of drug-likeness (QED) is 0.234. The lowest BCUT2D eigenvalue weighted by Gasteiger charge is -2.38. The summed E-state index contributed by atoms with van der Waals surface area (Å²) in [5.41, 5.74) is 9.19. The first-order valence-corrected chi connectivity index (χ1v) is 20.9.